The normalized spacial score (nSPS) is 11.8. The van der Waals surface area contributed by atoms with E-state index in [1.807, 2.05) is 6.07 Å². The molecule has 0 atom stereocenters. The maximum atomic E-state index is 12.2. The highest BCUT2D eigenvalue weighted by Gasteiger charge is 2.24. The Morgan fingerprint density at radius 2 is 2.00 bits per heavy atom. The van der Waals surface area contributed by atoms with Crippen molar-refractivity contribution in [3.63, 3.8) is 0 Å². The number of rotatable bonds is 1. The van der Waals surface area contributed by atoms with Crippen LogP contribution in [-0.2, 0) is 11.3 Å². The predicted octanol–water partition coefficient (Wildman–Crippen LogP) is 3.57. The van der Waals surface area contributed by atoms with E-state index in [-0.39, 0.29) is 6.61 Å². The maximum absolute atomic E-state index is 12.2. The molecule has 0 bridgehead atoms. The van der Waals surface area contributed by atoms with Crippen molar-refractivity contribution in [3.05, 3.63) is 35.0 Å². The molecule has 0 saturated carbocycles. The number of halogens is 1. The molecular weight excluding hydrogens is 266 g/mol. The van der Waals surface area contributed by atoms with Gasteiger partial charge >= 0.3 is 6.09 Å². The van der Waals surface area contributed by atoms with Crippen molar-refractivity contribution in [1.29, 1.82) is 0 Å². The molecule has 0 spiro atoms. The molecule has 0 fully saturated rings. The Bertz CT molecular complexity index is 625. The highest BCUT2D eigenvalue weighted by atomic mass is 35.5. The molecule has 1 aromatic carbocycles. The van der Waals surface area contributed by atoms with Crippen molar-refractivity contribution < 1.29 is 14.6 Å². The van der Waals surface area contributed by atoms with Gasteiger partial charge in [-0.3, -0.25) is 0 Å². The first-order chi connectivity index (χ1) is 8.85. The van der Waals surface area contributed by atoms with E-state index in [0.29, 0.717) is 16.2 Å². The summed E-state index contributed by atoms with van der Waals surface area (Å²) in [5.74, 6) is 0. The monoisotopic (exact) mass is 281 g/mol. The molecule has 1 N–H and O–H groups in total. The topological polar surface area (TPSA) is 51.5 Å². The molecule has 2 rings (SSSR count). The number of carbonyl (C=O) groups is 1. The third kappa shape index (κ3) is 2.60. The highest BCUT2D eigenvalue weighted by molar-refractivity contribution is 6.36. The summed E-state index contributed by atoms with van der Waals surface area (Å²) in [6, 6.07) is 7.21. The van der Waals surface area contributed by atoms with Crippen LogP contribution in [0.15, 0.2) is 24.3 Å². The molecule has 0 amide bonds. The van der Waals surface area contributed by atoms with Gasteiger partial charge in [0.1, 0.15) is 5.60 Å². The zero-order valence-electron chi connectivity index (χ0n) is 11.1. The predicted molar refractivity (Wildman–Crippen MR) is 74.5 cm³/mol. The molecule has 0 aliphatic heterocycles. The fourth-order valence-electron chi connectivity index (χ4n) is 1.91. The molecule has 19 heavy (non-hydrogen) atoms. The number of fused-ring (bicyclic) bond motifs is 1. The van der Waals surface area contributed by atoms with Crippen molar-refractivity contribution in [3.8, 4) is 0 Å². The van der Waals surface area contributed by atoms with E-state index in [1.54, 1.807) is 39.0 Å². The van der Waals surface area contributed by atoms with Gasteiger partial charge < -0.3 is 9.84 Å². The van der Waals surface area contributed by atoms with Crippen LogP contribution in [0.1, 0.15) is 26.5 Å². The van der Waals surface area contributed by atoms with Gasteiger partial charge in [-0.15, -0.1) is 0 Å². The first-order valence-electron chi connectivity index (χ1n) is 5.97. The molecule has 1 heterocycles. The number of ether oxygens (including phenoxy) is 1. The molecule has 0 aliphatic carbocycles. The molecule has 0 unspecified atom stereocenters. The van der Waals surface area contributed by atoms with Crippen molar-refractivity contribution in [1.82, 2.24) is 4.57 Å². The molecule has 0 saturated heterocycles. The van der Waals surface area contributed by atoms with Crippen LogP contribution in [0.2, 0.25) is 5.02 Å². The van der Waals surface area contributed by atoms with Crippen LogP contribution in [0.4, 0.5) is 4.79 Å². The Morgan fingerprint density at radius 1 is 1.37 bits per heavy atom. The number of hydrogen-bond donors (Lipinski definition) is 1. The quantitative estimate of drug-likeness (QED) is 0.869. The number of hydrogen-bond acceptors (Lipinski definition) is 3. The molecule has 4 nitrogen and oxygen atoms in total. The van der Waals surface area contributed by atoms with Crippen LogP contribution in [0, 0.1) is 0 Å². The summed E-state index contributed by atoms with van der Waals surface area (Å²) in [5.41, 5.74) is 0.365. The lowest BCUT2D eigenvalue weighted by molar-refractivity contribution is 0.0533. The van der Waals surface area contributed by atoms with Crippen LogP contribution in [0.3, 0.4) is 0 Å². The Morgan fingerprint density at radius 3 is 2.58 bits per heavy atom. The Kier molecular flexibility index (Phi) is 3.56. The molecule has 2 aromatic rings. The maximum Gasteiger partial charge on any atom is 0.419 e. The largest absolute Gasteiger partial charge is 0.443 e. The van der Waals surface area contributed by atoms with Gasteiger partial charge in [0.2, 0.25) is 0 Å². The number of nitrogens with zero attached hydrogens (tertiary/aromatic N) is 1. The summed E-state index contributed by atoms with van der Waals surface area (Å²) in [7, 11) is 0. The minimum atomic E-state index is -0.609. The second kappa shape index (κ2) is 4.87. The SMILES string of the molecule is CC(C)(C)OC(=O)n1c(CO)c(Cl)c2ccccc21. The molecular formula is C14H16ClNO3. The van der Waals surface area contributed by atoms with Gasteiger partial charge in [0.15, 0.2) is 0 Å². The Labute approximate surface area is 116 Å². The summed E-state index contributed by atoms with van der Waals surface area (Å²) in [5, 5.41) is 10.5. The van der Waals surface area contributed by atoms with Crippen LogP contribution in [-0.4, -0.2) is 21.4 Å². The molecule has 1 aromatic heterocycles. The van der Waals surface area contributed by atoms with Crippen molar-refractivity contribution in [2.75, 3.05) is 0 Å². The number of para-hydroxylation sites is 1. The summed E-state index contributed by atoms with van der Waals surface area (Å²) >= 11 is 6.19. The standard InChI is InChI=1S/C14H16ClNO3/c1-14(2,3)19-13(18)16-10-7-5-4-6-9(10)12(15)11(16)8-17/h4-7,17H,8H2,1-3H3. The van der Waals surface area contributed by atoms with Crippen molar-refractivity contribution in [2.45, 2.75) is 33.0 Å². The van der Waals surface area contributed by atoms with Gasteiger partial charge in [-0.1, -0.05) is 29.8 Å². The van der Waals surface area contributed by atoms with E-state index in [2.05, 4.69) is 0 Å². The molecule has 102 valence electrons. The van der Waals surface area contributed by atoms with Gasteiger partial charge in [-0.05, 0) is 26.8 Å². The minimum absolute atomic E-state index is 0.327. The minimum Gasteiger partial charge on any atom is -0.443 e. The molecule has 0 radical (unpaired) electrons. The average Bonchev–Trinajstić information content (AvgIpc) is 2.60. The number of carbonyl (C=O) groups excluding carboxylic acids is 1. The van der Waals surface area contributed by atoms with Gasteiger partial charge in [0, 0.05) is 5.39 Å². The summed E-state index contributed by atoms with van der Waals surface area (Å²) in [6.45, 7) is 5.04. The third-order valence-corrected chi connectivity index (χ3v) is 3.05. The fourth-order valence-corrected chi connectivity index (χ4v) is 2.21. The zero-order chi connectivity index (χ0) is 14.2. The lowest BCUT2D eigenvalue weighted by Gasteiger charge is -2.20. The lowest BCUT2D eigenvalue weighted by Crippen LogP contribution is -2.28. The van der Waals surface area contributed by atoms with Crippen LogP contribution < -0.4 is 0 Å². The van der Waals surface area contributed by atoms with Crippen LogP contribution in [0.5, 0.6) is 0 Å². The van der Waals surface area contributed by atoms with Gasteiger partial charge in [0.25, 0.3) is 0 Å². The number of aromatic nitrogens is 1. The van der Waals surface area contributed by atoms with E-state index in [4.69, 9.17) is 16.3 Å². The second-order valence-electron chi connectivity index (χ2n) is 5.25. The first-order valence-corrected chi connectivity index (χ1v) is 6.35. The lowest BCUT2D eigenvalue weighted by atomic mass is 10.2. The van der Waals surface area contributed by atoms with E-state index < -0.39 is 11.7 Å². The van der Waals surface area contributed by atoms with Gasteiger partial charge in [-0.2, -0.15) is 0 Å². The second-order valence-corrected chi connectivity index (χ2v) is 5.63. The Hall–Kier alpha value is -1.52. The zero-order valence-corrected chi connectivity index (χ0v) is 11.9. The van der Waals surface area contributed by atoms with E-state index in [9.17, 15) is 9.90 Å². The van der Waals surface area contributed by atoms with E-state index >= 15 is 0 Å². The van der Waals surface area contributed by atoms with E-state index in [1.165, 1.54) is 4.57 Å². The number of benzene rings is 1. The number of aliphatic hydroxyl groups is 1. The van der Waals surface area contributed by atoms with Crippen molar-refractivity contribution >= 4 is 28.6 Å². The smallest absolute Gasteiger partial charge is 0.419 e. The van der Waals surface area contributed by atoms with E-state index in [0.717, 1.165) is 5.39 Å². The Balaban J connectivity index is 2.62. The molecule has 5 heteroatoms. The number of aliphatic hydroxyl groups excluding tert-OH is 1. The summed E-state index contributed by atoms with van der Waals surface area (Å²) in [4.78, 5) is 12.2. The van der Waals surface area contributed by atoms with Crippen LogP contribution in [0.25, 0.3) is 10.9 Å². The fraction of sp³-hybridized carbons (Fsp3) is 0.357. The summed E-state index contributed by atoms with van der Waals surface area (Å²) in [6.07, 6.45) is -0.542. The van der Waals surface area contributed by atoms with Crippen molar-refractivity contribution in [2.24, 2.45) is 0 Å². The molecule has 0 aliphatic rings. The summed E-state index contributed by atoms with van der Waals surface area (Å²) < 4.78 is 6.66. The van der Waals surface area contributed by atoms with Gasteiger partial charge in [-0.25, -0.2) is 9.36 Å². The average molecular weight is 282 g/mol. The first kappa shape index (κ1) is 13.9. The van der Waals surface area contributed by atoms with Gasteiger partial charge in [0.05, 0.1) is 22.8 Å². The highest BCUT2D eigenvalue weighted by Crippen LogP contribution is 2.31. The van der Waals surface area contributed by atoms with Crippen LogP contribution >= 0.6 is 11.6 Å². The third-order valence-electron chi connectivity index (χ3n) is 2.63.